The molecule has 17 heavy (non-hydrogen) atoms. The van der Waals surface area contributed by atoms with Gasteiger partial charge in [0.25, 0.3) is 0 Å². The normalized spacial score (nSPS) is 14.0. The average molecular weight is 259 g/mol. The molecule has 1 rings (SSSR count). The molecular formula is C8H13N5O3S. The molecule has 0 saturated carbocycles. The molecule has 8 nitrogen and oxygen atoms in total. The Kier molecular flexibility index (Phi) is 4.32. The first-order valence-electron chi connectivity index (χ1n) is 4.74. The van der Waals surface area contributed by atoms with Gasteiger partial charge in [0, 0.05) is 28.9 Å². The predicted molar refractivity (Wildman–Crippen MR) is 65.1 cm³/mol. The van der Waals surface area contributed by atoms with Crippen LogP contribution in [0.5, 0.6) is 0 Å². The molecule has 1 aromatic rings. The summed E-state index contributed by atoms with van der Waals surface area (Å²) in [6.45, 7) is 2.07. The number of anilines is 2. The van der Waals surface area contributed by atoms with Crippen molar-refractivity contribution in [2.24, 2.45) is 0 Å². The second-order valence-electron chi connectivity index (χ2n) is 3.41. The molecule has 0 saturated heterocycles. The SMILES string of the molecule is CC(CNc1nc(N)ncc1[N+](=O)[O-])S(C)=O. The van der Waals surface area contributed by atoms with Crippen molar-refractivity contribution in [2.45, 2.75) is 12.2 Å². The number of hydrogen-bond donors (Lipinski definition) is 2. The number of rotatable bonds is 5. The first-order chi connectivity index (χ1) is 7.91. The van der Waals surface area contributed by atoms with E-state index in [0.29, 0.717) is 6.54 Å². The zero-order valence-corrected chi connectivity index (χ0v) is 10.2. The van der Waals surface area contributed by atoms with Crippen LogP contribution < -0.4 is 11.1 Å². The molecule has 0 aromatic carbocycles. The van der Waals surface area contributed by atoms with Crippen LogP contribution >= 0.6 is 0 Å². The maximum atomic E-state index is 11.1. The molecule has 0 amide bonds. The molecule has 1 heterocycles. The molecule has 0 aliphatic rings. The van der Waals surface area contributed by atoms with E-state index in [-0.39, 0.29) is 22.7 Å². The Hall–Kier alpha value is -1.77. The number of nitro groups is 1. The van der Waals surface area contributed by atoms with Crippen molar-refractivity contribution >= 4 is 28.3 Å². The fraction of sp³-hybridized carbons (Fsp3) is 0.500. The fourth-order valence-electron chi connectivity index (χ4n) is 1.01. The van der Waals surface area contributed by atoms with Gasteiger partial charge in [-0.1, -0.05) is 0 Å². The van der Waals surface area contributed by atoms with Crippen LogP contribution in [0.15, 0.2) is 6.20 Å². The van der Waals surface area contributed by atoms with E-state index in [4.69, 9.17) is 5.73 Å². The summed E-state index contributed by atoms with van der Waals surface area (Å²) >= 11 is 0. The molecule has 0 aliphatic heterocycles. The summed E-state index contributed by atoms with van der Waals surface area (Å²) in [5.74, 6) is -0.0110. The van der Waals surface area contributed by atoms with Crippen molar-refractivity contribution in [2.75, 3.05) is 23.9 Å². The van der Waals surface area contributed by atoms with Crippen molar-refractivity contribution in [1.82, 2.24) is 9.97 Å². The van der Waals surface area contributed by atoms with E-state index in [9.17, 15) is 14.3 Å². The lowest BCUT2D eigenvalue weighted by Crippen LogP contribution is -2.21. The number of hydrogen-bond acceptors (Lipinski definition) is 7. The van der Waals surface area contributed by atoms with Crippen molar-refractivity contribution < 1.29 is 9.13 Å². The minimum Gasteiger partial charge on any atom is -0.368 e. The second-order valence-corrected chi connectivity index (χ2v) is 5.21. The van der Waals surface area contributed by atoms with Crippen LogP contribution in [0.2, 0.25) is 0 Å². The van der Waals surface area contributed by atoms with Gasteiger partial charge < -0.3 is 11.1 Å². The molecule has 0 radical (unpaired) electrons. The molecular weight excluding hydrogens is 246 g/mol. The van der Waals surface area contributed by atoms with Gasteiger partial charge in [-0.2, -0.15) is 4.98 Å². The van der Waals surface area contributed by atoms with Crippen LogP contribution in [0.4, 0.5) is 17.5 Å². The Labute approximate surface area is 100 Å². The minimum atomic E-state index is -1.01. The quantitative estimate of drug-likeness (QED) is 0.569. The van der Waals surface area contributed by atoms with E-state index in [0.717, 1.165) is 6.20 Å². The summed E-state index contributed by atoms with van der Waals surface area (Å²) in [5.41, 5.74) is 5.09. The number of nitrogen functional groups attached to an aromatic ring is 1. The standard InChI is InChI=1S/C8H13N5O3S/c1-5(17(2)16)3-10-7-6(13(14)15)4-11-8(9)12-7/h4-5H,3H2,1-2H3,(H3,9,10,11,12). The van der Waals surface area contributed by atoms with Gasteiger partial charge in [-0.25, -0.2) is 4.98 Å². The lowest BCUT2D eigenvalue weighted by atomic mass is 10.4. The molecule has 2 atom stereocenters. The minimum absolute atomic E-state index is 0.0415. The number of aromatic nitrogens is 2. The van der Waals surface area contributed by atoms with Gasteiger partial charge in [0.15, 0.2) is 0 Å². The van der Waals surface area contributed by atoms with Gasteiger partial charge in [-0.15, -0.1) is 0 Å². The zero-order valence-electron chi connectivity index (χ0n) is 9.41. The van der Waals surface area contributed by atoms with Gasteiger partial charge in [0.05, 0.1) is 4.92 Å². The van der Waals surface area contributed by atoms with E-state index in [1.54, 1.807) is 13.2 Å². The summed E-state index contributed by atoms with van der Waals surface area (Å²) in [6, 6.07) is 0. The molecule has 94 valence electrons. The molecule has 3 N–H and O–H groups in total. The van der Waals surface area contributed by atoms with Crippen molar-refractivity contribution in [1.29, 1.82) is 0 Å². The summed E-state index contributed by atoms with van der Waals surface area (Å²) < 4.78 is 11.1. The maximum Gasteiger partial charge on any atom is 0.329 e. The maximum absolute atomic E-state index is 11.1. The summed E-state index contributed by atoms with van der Waals surface area (Å²) in [4.78, 5) is 17.4. The Balaban J connectivity index is 2.85. The third kappa shape index (κ3) is 3.63. The fourth-order valence-corrected chi connectivity index (χ4v) is 1.33. The number of nitrogens with two attached hydrogens (primary N) is 1. The molecule has 0 spiro atoms. The topological polar surface area (TPSA) is 124 Å². The third-order valence-corrected chi connectivity index (χ3v) is 3.41. The van der Waals surface area contributed by atoms with E-state index >= 15 is 0 Å². The Morgan fingerprint density at radius 2 is 2.35 bits per heavy atom. The Morgan fingerprint density at radius 1 is 1.71 bits per heavy atom. The first-order valence-corrected chi connectivity index (χ1v) is 6.37. The van der Waals surface area contributed by atoms with Crippen LogP contribution in [0, 0.1) is 10.1 Å². The molecule has 9 heteroatoms. The zero-order chi connectivity index (χ0) is 13.0. The Bertz CT molecular complexity index is 453. The van der Waals surface area contributed by atoms with Gasteiger partial charge in [-0.3, -0.25) is 14.3 Å². The highest BCUT2D eigenvalue weighted by atomic mass is 32.2. The smallest absolute Gasteiger partial charge is 0.329 e. The summed E-state index contributed by atoms with van der Waals surface area (Å²) in [5, 5.41) is 13.3. The van der Waals surface area contributed by atoms with E-state index in [2.05, 4.69) is 15.3 Å². The molecule has 0 bridgehead atoms. The van der Waals surface area contributed by atoms with Crippen LogP contribution in [0.25, 0.3) is 0 Å². The van der Waals surface area contributed by atoms with Gasteiger partial charge in [-0.05, 0) is 6.92 Å². The average Bonchev–Trinajstić information content (AvgIpc) is 2.25. The highest BCUT2D eigenvalue weighted by Crippen LogP contribution is 2.20. The predicted octanol–water partition coefficient (Wildman–Crippen LogP) is 0.146. The first kappa shape index (κ1) is 13.3. The van der Waals surface area contributed by atoms with E-state index in [1.807, 2.05) is 0 Å². The van der Waals surface area contributed by atoms with Gasteiger partial charge in [0.1, 0.15) is 6.20 Å². The molecule has 1 aromatic heterocycles. The van der Waals surface area contributed by atoms with Crippen LogP contribution in [-0.2, 0) is 10.8 Å². The van der Waals surface area contributed by atoms with Gasteiger partial charge in [0.2, 0.25) is 11.8 Å². The lowest BCUT2D eigenvalue weighted by molar-refractivity contribution is -0.384. The van der Waals surface area contributed by atoms with Gasteiger partial charge >= 0.3 is 5.69 Å². The second kappa shape index (κ2) is 5.53. The highest BCUT2D eigenvalue weighted by molar-refractivity contribution is 7.84. The Morgan fingerprint density at radius 3 is 2.88 bits per heavy atom. The third-order valence-electron chi connectivity index (χ3n) is 2.11. The number of nitrogens with zero attached hydrogens (tertiary/aromatic N) is 3. The van der Waals surface area contributed by atoms with Crippen LogP contribution in [0.3, 0.4) is 0 Å². The largest absolute Gasteiger partial charge is 0.368 e. The van der Waals surface area contributed by atoms with E-state index in [1.165, 1.54) is 0 Å². The van der Waals surface area contributed by atoms with Crippen molar-refractivity contribution in [3.63, 3.8) is 0 Å². The van der Waals surface area contributed by atoms with Crippen LogP contribution in [0.1, 0.15) is 6.92 Å². The monoisotopic (exact) mass is 259 g/mol. The summed E-state index contributed by atoms with van der Waals surface area (Å²) in [6.07, 6.45) is 2.60. The van der Waals surface area contributed by atoms with E-state index < -0.39 is 15.7 Å². The lowest BCUT2D eigenvalue weighted by Gasteiger charge is -2.10. The molecule has 0 aliphatic carbocycles. The number of nitrogens with one attached hydrogen (secondary N) is 1. The summed E-state index contributed by atoms with van der Waals surface area (Å²) in [7, 11) is -1.01. The van der Waals surface area contributed by atoms with Crippen LogP contribution in [-0.4, -0.2) is 37.2 Å². The van der Waals surface area contributed by atoms with Crippen molar-refractivity contribution in [3.05, 3.63) is 16.3 Å². The molecule has 2 unspecified atom stereocenters. The molecule has 0 fully saturated rings. The highest BCUT2D eigenvalue weighted by Gasteiger charge is 2.17. The van der Waals surface area contributed by atoms with Crippen molar-refractivity contribution in [3.8, 4) is 0 Å².